The maximum Gasteiger partial charge on any atom is 0.0584 e. The third-order valence-electron chi connectivity index (χ3n) is 3.66. The lowest BCUT2D eigenvalue weighted by atomic mass is 10.00. The van der Waals surface area contributed by atoms with Gasteiger partial charge in [-0.05, 0) is 37.7 Å². The van der Waals surface area contributed by atoms with Gasteiger partial charge in [0.1, 0.15) is 0 Å². The average molecular weight is 233 g/mol. The molecule has 0 saturated heterocycles. The summed E-state index contributed by atoms with van der Waals surface area (Å²) in [6.07, 6.45) is 3.60. The maximum atomic E-state index is 9.31. The van der Waals surface area contributed by atoms with Crippen LogP contribution in [0.25, 0.3) is 0 Å². The minimum atomic E-state index is 0.224. The Bertz CT molecular complexity index is 338. The first-order valence-corrected chi connectivity index (χ1v) is 6.68. The van der Waals surface area contributed by atoms with Gasteiger partial charge in [0.15, 0.2) is 0 Å². The van der Waals surface area contributed by atoms with E-state index in [-0.39, 0.29) is 12.6 Å². The van der Waals surface area contributed by atoms with Gasteiger partial charge in [0.25, 0.3) is 0 Å². The van der Waals surface area contributed by atoms with E-state index in [1.807, 2.05) is 0 Å². The summed E-state index contributed by atoms with van der Waals surface area (Å²) in [6, 6.07) is 9.43. The van der Waals surface area contributed by atoms with Crippen LogP contribution in [0.1, 0.15) is 43.4 Å². The Kier molecular flexibility index (Phi) is 4.19. The molecule has 1 fully saturated rings. The van der Waals surface area contributed by atoms with Crippen LogP contribution in [0.15, 0.2) is 24.3 Å². The average Bonchev–Trinajstić information content (AvgIpc) is 3.17. The van der Waals surface area contributed by atoms with Crippen molar-refractivity contribution in [2.45, 2.75) is 45.2 Å². The standard InChI is InChI=1S/C15H23NO/c1-3-14(10-17)16-15(13-8-9-13)12-6-4-11(2)5-7-12/h4-7,13-17H,3,8-10H2,1-2H3/t14-,15?/m0/s1. The highest BCUT2D eigenvalue weighted by Gasteiger charge is 2.33. The largest absolute Gasteiger partial charge is 0.395 e. The Morgan fingerprint density at radius 1 is 1.29 bits per heavy atom. The molecule has 2 atom stereocenters. The van der Waals surface area contributed by atoms with Gasteiger partial charge >= 0.3 is 0 Å². The number of aliphatic hydroxyl groups excluding tert-OH is 1. The van der Waals surface area contributed by atoms with Crippen molar-refractivity contribution in [1.82, 2.24) is 5.32 Å². The van der Waals surface area contributed by atoms with E-state index in [9.17, 15) is 5.11 Å². The molecule has 2 rings (SSSR count). The first-order valence-electron chi connectivity index (χ1n) is 6.68. The van der Waals surface area contributed by atoms with E-state index in [1.54, 1.807) is 0 Å². The van der Waals surface area contributed by atoms with Crippen molar-refractivity contribution in [3.63, 3.8) is 0 Å². The highest BCUT2D eigenvalue weighted by atomic mass is 16.3. The molecule has 0 amide bonds. The number of benzene rings is 1. The molecular weight excluding hydrogens is 210 g/mol. The van der Waals surface area contributed by atoms with Gasteiger partial charge < -0.3 is 10.4 Å². The summed E-state index contributed by atoms with van der Waals surface area (Å²) in [5.74, 6) is 0.762. The second kappa shape index (κ2) is 5.65. The molecule has 1 aromatic carbocycles. The molecule has 0 aliphatic heterocycles. The summed E-state index contributed by atoms with van der Waals surface area (Å²) in [6.45, 7) is 4.46. The first-order chi connectivity index (χ1) is 8.24. The second-order valence-corrected chi connectivity index (χ2v) is 5.18. The summed E-state index contributed by atoms with van der Waals surface area (Å²) in [4.78, 5) is 0. The molecule has 1 aromatic rings. The van der Waals surface area contributed by atoms with E-state index in [0.717, 1.165) is 12.3 Å². The number of aryl methyl sites for hydroxylation is 1. The number of rotatable bonds is 6. The topological polar surface area (TPSA) is 32.3 Å². The Morgan fingerprint density at radius 2 is 1.94 bits per heavy atom. The van der Waals surface area contributed by atoms with E-state index in [4.69, 9.17) is 0 Å². The molecule has 0 radical (unpaired) electrons. The first kappa shape index (κ1) is 12.6. The van der Waals surface area contributed by atoms with E-state index in [0.29, 0.717) is 6.04 Å². The van der Waals surface area contributed by atoms with Crippen molar-refractivity contribution in [3.05, 3.63) is 35.4 Å². The Labute approximate surface area is 104 Å². The minimum absolute atomic E-state index is 0.224. The molecule has 2 N–H and O–H groups in total. The lowest BCUT2D eigenvalue weighted by Gasteiger charge is -2.24. The fourth-order valence-electron chi connectivity index (χ4n) is 2.26. The molecule has 1 saturated carbocycles. The fraction of sp³-hybridized carbons (Fsp3) is 0.600. The van der Waals surface area contributed by atoms with Gasteiger partial charge in [-0.25, -0.2) is 0 Å². The SMILES string of the molecule is CC[C@@H](CO)NC(c1ccc(C)cc1)C1CC1. The normalized spacial score (nSPS) is 19.0. The molecular formula is C15H23NO. The smallest absolute Gasteiger partial charge is 0.0584 e. The summed E-state index contributed by atoms with van der Waals surface area (Å²) >= 11 is 0. The van der Waals surface area contributed by atoms with Crippen molar-refractivity contribution < 1.29 is 5.11 Å². The van der Waals surface area contributed by atoms with Crippen LogP contribution in [0.5, 0.6) is 0 Å². The molecule has 1 unspecified atom stereocenters. The van der Waals surface area contributed by atoms with Gasteiger partial charge in [-0.3, -0.25) is 0 Å². The zero-order valence-electron chi connectivity index (χ0n) is 10.8. The number of nitrogens with one attached hydrogen (secondary N) is 1. The predicted octanol–water partition coefficient (Wildman–Crippen LogP) is 2.81. The van der Waals surface area contributed by atoms with Crippen molar-refractivity contribution in [1.29, 1.82) is 0 Å². The van der Waals surface area contributed by atoms with Gasteiger partial charge in [-0.2, -0.15) is 0 Å². The molecule has 94 valence electrons. The molecule has 1 aliphatic carbocycles. The van der Waals surface area contributed by atoms with Gasteiger partial charge in [-0.1, -0.05) is 36.8 Å². The van der Waals surface area contributed by atoms with Crippen LogP contribution in [-0.4, -0.2) is 17.8 Å². The van der Waals surface area contributed by atoms with E-state index < -0.39 is 0 Å². The zero-order valence-corrected chi connectivity index (χ0v) is 10.8. The molecule has 0 bridgehead atoms. The van der Waals surface area contributed by atoms with E-state index >= 15 is 0 Å². The lowest BCUT2D eigenvalue weighted by molar-refractivity contribution is 0.223. The minimum Gasteiger partial charge on any atom is -0.395 e. The van der Waals surface area contributed by atoms with Crippen LogP contribution in [0.2, 0.25) is 0 Å². The van der Waals surface area contributed by atoms with Crippen LogP contribution in [0, 0.1) is 12.8 Å². The van der Waals surface area contributed by atoms with E-state index in [1.165, 1.54) is 24.0 Å². The molecule has 2 heteroatoms. The lowest BCUT2D eigenvalue weighted by Crippen LogP contribution is -2.36. The summed E-state index contributed by atoms with van der Waals surface area (Å²) in [7, 11) is 0. The summed E-state index contributed by atoms with van der Waals surface area (Å²) in [5.41, 5.74) is 2.67. The molecule has 0 heterocycles. The molecule has 0 aromatic heterocycles. The van der Waals surface area contributed by atoms with Crippen LogP contribution < -0.4 is 5.32 Å². The van der Waals surface area contributed by atoms with Gasteiger partial charge in [0.05, 0.1) is 6.61 Å². The van der Waals surface area contributed by atoms with E-state index in [2.05, 4.69) is 43.4 Å². The van der Waals surface area contributed by atoms with Crippen molar-refractivity contribution in [2.75, 3.05) is 6.61 Å². The summed E-state index contributed by atoms with van der Waals surface area (Å²) in [5, 5.41) is 12.9. The monoisotopic (exact) mass is 233 g/mol. The third-order valence-corrected chi connectivity index (χ3v) is 3.66. The highest BCUT2D eigenvalue weighted by molar-refractivity contribution is 5.25. The molecule has 2 nitrogen and oxygen atoms in total. The van der Waals surface area contributed by atoms with Crippen LogP contribution in [-0.2, 0) is 0 Å². The molecule has 1 aliphatic rings. The van der Waals surface area contributed by atoms with Crippen LogP contribution >= 0.6 is 0 Å². The third kappa shape index (κ3) is 3.30. The van der Waals surface area contributed by atoms with Crippen LogP contribution in [0.4, 0.5) is 0 Å². The molecule has 0 spiro atoms. The van der Waals surface area contributed by atoms with Gasteiger partial charge in [0, 0.05) is 12.1 Å². The number of aliphatic hydroxyl groups is 1. The van der Waals surface area contributed by atoms with Crippen molar-refractivity contribution >= 4 is 0 Å². The molecule has 17 heavy (non-hydrogen) atoms. The Balaban J connectivity index is 2.08. The maximum absolute atomic E-state index is 9.31. The van der Waals surface area contributed by atoms with Gasteiger partial charge in [-0.15, -0.1) is 0 Å². The van der Waals surface area contributed by atoms with Crippen molar-refractivity contribution in [2.24, 2.45) is 5.92 Å². The quantitative estimate of drug-likeness (QED) is 0.792. The highest BCUT2D eigenvalue weighted by Crippen LogP contribution is 2.41. The van der Waals surface area contributed by atoms with Gasteiger partial charge in [0.2, 0.25) is 0 Å². The fourth-order valence-corrected chi connectivity index (χ4v) is 2.26. The Morgan fingerprint density at radius 3 is 2.41 bits per heavy atom. The number of hydrogen-bond acceptors (Lipinski definition) is 2. The second-order valence-electron chi connectivity index (χ2n) is 5.18. The Hall–Kier alpha value is -0.860. The predicted molar refractivity (Wildman–Crippen MR) is 70.9 cm³/mol. The zero-order chi connectivity index (χ0) is 12.3. The van der Waals surface area contributed by atoms with Crippen LogP contribution in [0.3, 0.4) is 0 Å². The van der Waals surface area contributed by atoms with Crippen molar-refractivity contribution in [3.8, 4) is 0 Å². The number of hydrogen-bond donors (Lipinski definition) is 2. The summed E-state index contributed by atoms with van der Waals surface area (Å²) < 4.78 is 0.